The van der Waals surface area contributed by atoms with Gasteiger partial charge in [0, 0.05) is 6.92 Å². The van der Waals surface area contributed by atoms with Gasteiger partial charge in [0.25, 0.3) is 0 Å². The summed E-state index contributed by atoms with van der Waals surface area (Å²) in [6.45, 7) is 3.33. The minimum Gasteiger partial charge on any atom is -0.506 e. The highest BCUT2D eigenvalue weighted by molar-refractivity contribution is 5.90. The molecule has 17 heavy (non-hydrogen) atoms. The van der Waals surface area contributed by atoms with Gasteiger partial charge in [0.1, 0.15) is 5.75 Å². The van der Waals surface area contributed by atoms with Crippen LogP contribution in [0.5, 0.6) is 5.75 Å². The Balaban J connectivity index is 2.71. The smallest absolute Gasteiger partial charge is 0.221 e. The minimum atomic E-state index is -0.298. The number of nitrogens with one attached hydrogen (secondary N) is 1. The van der Waals surface area contributed by atoms with E-state index in [0.717, 1.165) is 18.4 Å². The molecule has 0 aromatic heterocycles. The van der Waals surface area contributed by atoms with Gasteiger partial charge in [-0.1, -0.05) is 13.0 Å². The lowest BCUT2D eigenvalue weighted by molar-refractivity contribution is -0.114. The van der Waals surface area contributed by atoms with E-state index < -0.39 is 0 Å². The summed E-state index contributed by atoms with van der Waals surface area (Å²) in [6, 6.07) is 5.08. The number of anilines is 1. The summed E-state index contributed by atoms with van der Waals surface area (Å²) in [6.07, 6.45) is 1.84. The third-order valence-corrected chi connectivity index (χ3v) is 2.61. The zero-order valence-corrected chi connectivity index (χ0v) is 10.2. The Morgan fingerprint density at radius 1 is 1.47 bits per heavy atom. The molecule has 0 bridgehead atoms. The Bertz CT molecular complexity index is 390. The maximum Gasteiger partial charge on any atom is 0.221 e. The fourth-order valence-electron chi connectivity index (χ4n) is 1.57. The highest BCUT2D eigenvalue weighted by Gasteiger charge is 2.06. The lowest BCUT2D eigenvalue weighted by atomic mass is 10.0. The first-order chi connectivity index (χ1) is 8.02. The summed E-state index contributed by atoms with van der Waals surface area (Å²) in [7, 11) is 0. The molecule has 0 saturated heterocycles. The van der Waals surface area contributed by atoms with Gasteiger partial charge in [-0.05, 0) is 37.0 Å². The van der Waals surface area contributed by atoms with Crippen molar-refractivity contribution in [3.63, 3.8) is 0 Å². The van der Waals surface area contributed by atoms with Gasteiger partial charge in [-0.2, -0.15) is 0 Å². The van der Waals surface area contributed by atoms with Gasteiger partial charge >= 0.3 is 0 Å². The van der Waals surface area contributed by atoms with Crippen LogP contribution < -0.4 is 5.32 Å². The second-order valence-electron chi connectivity index (χ2n) is 4.13. The number of phenolic OH excluding ortho intramolecular Hbond substituents is 1. The van der Waals surface area contributed by atoms with Gasteiger partial charge in [-0.25, -0.2) is 0 Å². The zero-order chi connectivity index (χ0) is 12.8. The number of benzene rings is 1. The number of aliphatic hydroxyl groups excluding tert-OH is 1. The molecular weight excluding hydrogens is 218 g/mol. The molecule has 4 nitrogen and oxygen atoms in total. The molecule has 1 atom stereocenters. The Morgan fingerprint density at radius 3 is 2.76 bits per heavy atom. The average Bonchev–Trinajstić information content (AvgIpc) is 2.29. The number of aromatic hydroxyl groups is 1. The van der Waals surface area contributed by atoms with Gasteiger partial charge in [0.05, 0.1) is 11.8 Å². The third kappa shape index (κ3) is 4.44. The van der Waals surface area contributed by atoms with Crippen molar-refractivity contribution in [3.8, 4) is 5.75 Å². The van der Waals surface area contributed by atoms with E-state index in [1.54, 1.807) is 18.2 Å². The predicted molar refractivity (Wildman–Crippen MR) is 67.0 cm³/mol. The molecule has 0 aliphatic heterocycles. The Hall–Kier alpha value is -1.55. The molecule has 0 aliphatic carbocycles. The van der Waals surface area contributed by atoms with E-state index in [4.69, 9.17) is 0 Å². The van der Waals surface area contributed by atoms with Crippen molar-refractivity contribution in [2.75, 3.05) is 5.32 Å². The van der Waals surface area contributed by atoms with Crippen LogP contribution in [0.3, 0.4) is 0 Å². The second kappa shape index (κ2) is 6.25. The summed E-state index contributed by atoms with van der Waals surface area (Å²) >= 11 is 0. The molecule has 0 radical (unpaired) electrons. The van der Waals surface area contributed by atoms with Gasteiger partial charge in [-0.3, -0.25) is 4.79 Å². The Morgan fingerprint density at radius 2 is 2.18 bits per heavy atom. The van der Waals surface area contributed by atoms with Crippen molar-refractivity contribution in [1.29, 1.82) is 0 Å². The van der Waals surface area contributed by atoms with E-state index in [1.165, 1.54) is 6.92 Å². The SMILES string of the molecule is CCC(O)CCc1ccc(O)c(NC(C)=O)c1. The normalized spacial score (nSPS) is 12.2. The number of hydrogen-bond acceptors (Lipinski definition) is 3. The van der Waals surface area contributed by atoms with Crippen LogP contribution in [0.2, 0.25) is 0 Å². The largest absolute Gasteiger partial charge is 0.506 e. The molecule has 94 valence electrons. The van der Waals surface area contributed by atoms with Gasteiger partial charge in [0.15, 0.2) is 0 Å². The fourth-order valence-corrected chi connectivity index (χ4v) is 1.57. The molecular formula is C13H19NO3. The molecule has 1 amide bonds. The van der Waals surface area contributed by atoms with Crippen LogP contribution in [-0.4, -0.2) is 22.2 Å². The summed E-state index contributed by atoms with van der Waals surface area (Å²) in [5, 5.41) is 21.6. The molecule has 0 saturated carbocycles. The van der Waals surface area contributed by atoms with Crippen LogP contribution >= 0.6 is 0 Å². The number of carbonyl (C=O) groups excluding carboxylic acids is 1. The van der Waals surface area contributed by atoms with Gasteiger partial charge in [0.2, 0.25) is 5.91 Å². The standard InChI is InChI=1S/C13H19NO3/c1-3-11(16)6-4-10-5-7-13(17)12(8-10)14-9(2)15/h5,7-8,11,16-17H,3-4,6H2,1-2H3,(H,14,15). The predicted octanol–water partition coefficient (Wildman–Crippen LogP) is 2.05. The topological polar surface area (TPSA) is 69.6 Å². The van der Waals surface area contributed by atoms with Gasteiger partial charge < -0.3 is 15.5 Å². The summed E-state index contributed by atoms with van der Waals surface area (Å²) in [5.41, 5.74) is 1.40. The molecule has 0 aliphatic rings. The molecule has 0 spiro atoms. The Kier molecular flexibility index (Phi) is 4.97. The van der Waals surface area contributed by atoms with E-state index in [9.17, 15) is 15.0 Å². The first-order valence-electron chi connectivity index (χ1n) is 5.80. The summed E-state index contributed by atoms with van der Waals surface area (Å²) < 4.78 is 0. The molecule has 0 fully saturated rings. The van der Waals surface area contributed by atoms with Crippen molar-refractivity contribution in [3.05, 3.63) is 23.8 Å². The van der Waals surface area contributed by atoms with Crippen LogP contribution in [0.4, 0.5) is 5.69 Å². The lowest BCUT2D eigenvalue weighted by Gasteiger charge is -2.10. The van der Waals surface area contributed by atoms with E-state index in [1.807, 2.05) is 6.92 Å². The third-order valence-electron chi connectivity index (χ3n) is 2.61. The number of rotatable bonds is 5. The molecule has 0 heterocycles. The van der Waals surface area contributed by atoms with Crippen molar-refractivity contribution in [2.45, 2.75) is 39.2 Å². The van der Waals surface area contributed by atoms with Gasteiger partial charge in [-0.15, -0.1) is 0 Å². The number of hydrogen-bond donors (Lipinski definition) is 3. The van der Waals surface area contributed by atoms with Crippen molar-refractivity contribution < 1.29 is 15.0 Å². The van der Waals surface area contributed by atoms with E-state index in [2.05, 4.69) is 5.32 Å². The van der Waals surface area contributed by atoms with Crippen LogP contribution in [0, 0.1) is 0 Å². The number of aliphatic hydroxyl groups is 1. The average molecular weight is 237 g/mol. The lowest BCUT2D eigenvalue weighted by Crippen LogP contribution is -2.08. The van der Waals surface area contributed by atoms with Crippen LogP contribution in [0.25, 0.3) is 0 Å². The van der Waals surface area contributed by atoms with Crippen molar-refractivity contribution >= 4 is 11.6 Å². The van der Waals surface area contributed by atoms with Crippen molar-refractivity contribution in [1.82, 2.24) is 0 Å². The first-order valence-corrected chi connectivity index (χ1v) is 5.80. The van der Waals surface area contributed by atoms with Crippen LogP contribution in [0.15, 0.2) is 18.2 Å². The van der Waals surface area contributed by atoms with Crippen LogP contribution in [0.1, 0.15) is 32.3 Å². The maximum absolute atomic E-state index is 10.9. The van der Waals surface area contributed by atoms with E-state index in [0.29, 0.717) is 12.1 Å². The number of carbonyl (C=O) groups is 1. The quantitative estimate of drug-likeness (QED) is 0.686. The monoisotopic (exact) mass is 237 g/mol. The fraction of sp³-hybridized carbons (Fsp3) is 0.462. The molecule has 3 N–H and O–H groups in total. The number of phenols is 1. The van der Waals surface area contributed by atoms with E-state index >= 15 is 0 Å². The Labute approximate surface area is 101 Å². The molecule has 1 rings (SSSR count). The molecule has 4 heteroatoms. The summed E-state index contributed by atoms with van der Waals surface area (Å²) in [5.74, 6) is -0.161. The zero-order valence-electron chi connectivity index (χ0n) is 10.2. The molecule has 1 aromatic rings. The van der Waals surface area contributed by atoms with Crippen molar-refractivity contribution in [2.24, 2.45) is 0 Å². The summed E-state index contributed by atoms with van der Waals surface area (Å²) in [4.78, 5) is 10.9. The first kappa shape index (κ1) is 13.5. The highest BCUT2D eigenvalue weighted by Crippen LogP contribution is 2.25. The highest BCUT2D eigenvalue weighted by atomic mass is 16.3. The second-order valence-corrected chi connectivity index (χ2v) is 4.13. The van der Waals surface area contributed by atoms with Crippen LogP contribution in [-0.2, 0) is 11.2 Å². The number of amides is 1. The molecule has 1 unspecified atom stereocenters. The maximum atomic E-state index is 10.9. The van der Waals surface area contributed by atoms with E-state index in [-0.39, 0.29) is 17.8 Å². The minimum absolute atomic E-state index is 0.0555. The molecule has 1 aromatic carbocycles. The number of aryl methyl sites for hydroxylation is 1.